The largest absolute Gasteiger partial charge is 0.484 e. The Hall–Kier alpha value is -2.91. The number of rotatable bonds is 6. The van der Waals surface area contributed by atoms with Crippen LogP contribution in [0, 0.1) is 0 Å². The van der Waals surface area contributed by atoms with E-state index in [0.29, 0.717) is 24.4 Å². The van der Waals surface area contributed by atoms with Crippen molar-refractivity contribution >= 4 is 21.8 Å². The number of hydrogen-bond acceptors (Lipinski definition) is 5. The second-order valence-corrected chi connectivity index (χ2v) is 10.7. The van der Waals surface area contributed by atoms with Gasteiger partial charge < -0.3 is 15.4 Å². The maximum absolute atomic E-state index is 13.0. The first-order chi connectivity index (χ1) is 15.0. The second-order valence-electron chi connectivity index (χ2n) is 8.74. The van der Waals surface area contributed by atoms with Crippen molar-refractivity contribution in [3.8, 4) is 5.75 Å². The first kappa shape index (κ1) is 23.7. The molecule has 32 heavy (non-hydrogen) atoms. The third-order valence-electron chi connectivity index (χ3n) is 5.45. The van der Waals surface area contributed by atoms with E-state index in [1.54, 1.807) is 29.2 Å². The molecule has 3 rings (SSSR count). The molecule has 1 saturated heterocycles. The van der Waals surface area contributed by atoms with Crippen LogP contribution >= 0.6 is 0 Å². The summed E-state index contributed by atoms with van der Waals surface area (Å²) in [7, 11) is -3.61. The van der Waals surface area contributed by atoms with Crippen LogP contribution in [0.2, 0.25) is 0 Å². The van der Waals surface area contributed by atoms with Gasteiger partial charge >= 0.3 is 0 Å². The molecule has 9 heteroatoms. The number of primary amides is 1. The van der Waals surface area contributed by atoms with E-state index < -0.39 is 15.9 Å². The average molecular weight is 460 g/mol. The molecule has 2 aromatic carbocycles. The van der Waals surface area contributed by atoms with Crippen molar-refractivity contribution in [3.63, 3.8) is 0 Å². The summed E-state index contributed by atoms with van der Waals surface area (Å²) in [6.45, 7) is 7.09. The van der Waals surface area contributed by atoms with Gasteiger partial charge in [-0.2, -0.15) is 4.31 Å². The predicted octanol–water partition coefficient (Wildman–Crippen LogP) is 1.99. The van der Waals surface area contributed by atoms with Gasteiger partial charge in [-0.1, -0.05) is 32.9 Å². The van der Waals surface area contributed by atoms with Gasteiger partial charge in [0.1, 0.15) is 5.75 Å². The summed E-state index contributed by atoms with van der Waals surface area (Å²) < 4.78 is 32.8. The van der Waals surface area contributed by atoms with Crippen molar-refractivity contribution in [1.82, 2.24) is 9.21 Å². The molecule has 2 amide bonds. The molecule has 1 fully saturated rings. The fourth-order valence-corrected chi connectivity index (χ4v) is 4.83. The number of piperazine rings is 1. The van der Waals surface area contributed by atoms with E-state index in [2.05, 4.69) is 20.8 Å². The average Bonchev–Trinajstić information content (AvgIpc) is 2.77. The number of carbonyl (C=O) groups is 2. The third-order valence-corrected chi connectivity index (χ3v) is 7.36. The number of hydrogen-bond donors (Lipinski definition) is 1. The lowest BCUT2D eigenvalue weighted by Crippen LogP contribution is -2.51. The highest BCUT2D eigenvalue weighted by atomic mass is 32.2. The normalized spacial score (nSPS) is 15.4. The summed E-state index contributed by atoms with van der Waals surface area (Å²) in [5, 5.41) is 0. The first-order valence-corrected chi connectivity index (χ1v) is 11.8. The number of benzene rings is 2. The van der Waals surface area contributed by atoms with Crippen LogP contribution in [-0.2, 0) is 20.2 Å². The summed E-state index contributed by atoms with van der Waals surface area (Å²) in [6.07, 6.45) is 0. The maximum atomic E-state index is 13.0. The van der Waals surface area contributed by atoms with E-state index >= 15 is 0 Å². The third kappa shape index (κ3) is 5.46. The zero-order chi connectivity index (χ0) is 23.5. The van der Waals surface area contributed by atoms with Gasteiger partial charge in [-0.15, -0.1) is 0 Å². The maximum Gasteiger partial charge on any atom is 0.260 e. The highest BCUT2D eigenvalue weighted by molar-refractivity contribution is 7.89. The van der Waals surface area contributed by atoms with Crippen molar-refractivity contribution in [3.05, 3.63) is 59.7 Å². The molecule has 2 N–H and O–H groups in total. The number of nitrogens with two attached hydrogens (primary N) is 1. The van der Waals surface area contributed by atoms with Crippen molar-refractivity contribution in [2.45, 2.75) is 31.1 Å². The molecule has 1 heterocycles. The molecule has 0 saturated carbocycles. The highest BCUT2D eigenvalue weighted by Gasteiger charge is 2.30. The molecule has 1 aliphatic rings. The number of sulfonamides is 1. The summed E-state index contributed by atoms with van der Waals surface area (Å²) in [5.41, 5.74) is 6.56. The van der Waals surface area contributed by atoms with Crippen molar-refractivity contribution < 1.29 is 22.7 Å². The summed E-state index contributed by atoms with van der Waals surface area (Å²) >= 11 is 0. The van der Waals surface area contributed by atoms with Crippen LogP contribution in [0.3, 0.4) is 0 Å². The number of ether oxygens (including phenoxy) is 1. The SMILES string of the molecule is CC(C)(C)c1ccc(S(=O)(=O)N2CCN(C(=O)COc3ccc(C(N)=O)cc3)CC2)cc1. The Labute approximate surface area is 189 Å². The Morgan fingerprint density at radius 3 is 2.00 bits per heavy atom. The number of amides is 2. The Kier molecular flexibility index (Phi) is 6.90. The van der Waals surface area contributed by atoms with Crippen LogP contribution in [0.15, 0.2) is 53.4 Å². The lowest BCUT2D eigenvalue weighted by Gasteiger charge is -2.34. The van der Waals surface area contributed by atoms with Crippen LogP contribution in [0.25, 0.3) is 0 Å². The molecule has 2 aromatic rings. The van der Waals surface area contributed by atoms with E-state index in [4.69, 9.17) is 10.5 Å². The van der Waals surface area contributed by atoms with Gasteiger partial charge in [0.05, 0.1) is 4.90 Å². The molecule has 0 aliphatic carbocycles. The standard InChI is InChI=1S/C23H29N3O5S/c1-23(2,3)18-6-10-20(11-7-18)32(29,30)26-14-12-25(13-15-26)21(27)16-31-19-8-4-17(5-9-19)22(24)28/h4-11H,12-16H2,1-3H3,(H2,24,28). The smallest absolute Gasteiger partial charge is 0.260 e. The molecular weight excluding hydrogens is 430 g/mol. The zero-order valence-corrected chi connectivity index (χ0v) is 19.4. The Morgan fingerprint density at radius 1 is 0.938 bits per heavy atom. The fraction of sp³-hybridized carbons (Fsp3) is 0.391. The second kappa shape index (κ2) is 9.30. The van der Waals surface area contributed by atoms with Crippen LogP contribution in [-0.4, -0.2) is 62.2 Å². The molecule has 0 radical (unpaired) electrons. The van der Waals surface area contributed by atoms with E-state index in [1.165, 1.54) is 16.4 Å². The molecule has 1 aliphatic heterocycles. The van der Waals surface area contributed by atoms with Crippen molar-refractivity contribution in [2.75, 3.05) is 32.8 Å². The summed E-state index contributed by atoms with van der Waals surface area (Å²) in [4.78, 5) is 25.4. The van der Waals surface area contributed by atoms with Gasteiger partial charge in [0.15, 0.2) is 6.61 Å². The lowest BCUT2D eigenvalue weighted by molar-refractivity contribution is -0.134. The monoisotopic (exact) mass is 459 g/mol. The van der Waals surface area contributed by atoms with Gasteiger partial charge in [-0.3, -0.25) is 9.59 Å². The topological polar surface area (TPSA) is 110 Å². The summed E-state index contributed by atoms with van der Waals surface area (Å²) in [6, 6.07) is 13.2. The molecule has 0 bridgehead atoms. The van der Waals surface area contributed by atoms with E-state index in [0.717, 1.165) is 5.56 Å². The Bertz CT molecular complexity index is 1070. The molecule has 172 valence electrons. The molecule has 0 aromatic heterocycles. The van der Waals surface area contributed by atoms with E-state index in [1.807, 2.05) is 12.1 Å². The number of carbonyl (C=O) groups excluding carboxylic acids is 2. The van der Waals surface area contributed by atoms with Crippen LogP contribution in [0.4, 0.5) is 0 Å². The molecule has 0 atom stereocenters. The van der Waals surface area contributed by atoms with Gasteiger partial charge in [-0.05, 0) is 47.4 Å². The minimum Gasteiger partial charge on any atom is -0.484 e. The first-order valence-electron chi connectivity index (χ1n) is 10.4. The van der Waals surface area contributed by atoms with Crippen LogP contribution < -0.4 is 10.5 Å². The minimum absolute atomic E-state index is 0.0553. The van der Waals surface area contributed by atoms with Gasteiger partial charge in [0.2, 0.25) is 15.9 Å². The Balaban J connectivity index is 1.54. The van der Waals surface area contributed by atoms with Gasteiger partial charge in [0.25, 0.3) is 5.91 Å². The zero-order valence-electron chi connectivity index (χ0n) is 18.6. The molecular formula is C23H29N3O5S. The van der Waals surface area contributed by atoms with Crippen molar-refractivity contribution in [2.24, 2.45) is 5.73 Å². The van der Waals surface area contributed by atoms with Crippen LogP contribution in [0.1, 0.15) is 36.7 Å². The van der Waals surface area contributed by atoms with E-state index in [9.17, 15) is 18.0 Å². The number of nitrogens with zero attached hydrogens (tertiary/aromatic N) is 2. The highest BCUT2D eigenvalue weighted by Crippen LogP contribution is 2.25. The van der Waals surface area contributed by atoms with E-state index in [-0.39, 0.29) is 35.9 Å². The molecule has 8 nitrogen and oxygen atoms in total. The molecule has 0 unspecified atom stereocenters. The Morgan fingerprint density at radius 2 is 1.50 bits per heavy atom. The predicted molar refractivity (Wildman–Crippen MR) is 121 cm³/mol. The molecule has 0 spiro atoms. The van der Waals surface area contributed by atoms with Crippen molar-refractivity contribution in [1.29, 1.82) is 0 Å². The van der Waals surface area contributed by atoms with Gasteiger partial charge in [0, 0.05) is 31.7 Å². The quantitative estimate of drug-likeness (QED) is 0.710. The summed E-state index contributed by atoms with van der Waals surface area (Å²) in [5.74, 6) is -0.315. The minimum atomic E-state index is -3.61. The fourth-order valence-electron chi connectivity index (χ4n) is 3.41. The lowest BCUT2D eigenvalue weighted by atomic mass is 9.87. The van der Waals surface area contributed by atoms with Gasteiger partial charge in [-0.25, -0.2) is 8.42 Å². The van der Waals surface area contributed by atoms with Crippen LogP contribution in [0.5, 0.6) is 5.75 Å².